The molecule has 0 atom stereocenters. The van der Waals surface area contributed by atoms with Gasteiger partial charge in [-0.05, 0) is 38.5 Å². The normalized spacial score (nSPS) is 12.8. The number of carboxylic acids is 1. The topological polar surface area (TPSA) is 37.3 Å². The summed E-state index contributed by atoms with van der Waals surface area (Å²) in [6, 6.07) is 0. The van der Waals surface area contributed by atoms with E-state index in [0.717, 1.165) is 32.1 Å². The van der Waals surface area contributed by atoms with Gasteiger partial charge in [-0.3, -0.25) is 4.79 Å². The SMILES string of the molecule is CC/C=C\C/C=C\C/C=C\C/C=C\C/C=C\CCC(=O)O. The van der Waals surface area contributed by atoms with Gasteiger partial charge in [0.15, 0.2) is 0 Å². The Labute approximate surface area is 129 Å². The van der Waals surface area contributed by atoms with Crippen molar-refractivity contribution in [3.63, 3.8) is 0 Å². The molecule has 0 aromatic heterocycles. The van der Waals surface area contributed by atoms with Crippen molar-refractivity contribution < 1.29 is 9.90 Å². The molecule has 0 aliphatic heterocycles. The van der Waals surface area contributed by atoms with Crippen LogP contribution in [0, 0.1) is 0 Å². The van der Waals surface area contributed by atoms with E-state index < -0.39 is 5.97 Å². The molecule has 0 aromatic rings. The number of allylic oxidation sites excluding steroid dienone is 10. The zero-order valence-electron chi connectivity index (χ0n) is 13.1. The largest absolute Gasteiger partial charge is 0.481 e. The van der Waals surface area contributed by atoms with Crippen LogP contribution in [0.2, 0.25) is 0 Å². The highest BCUT2D eigenvalue weighted by Crippen LogP contribution is 1.97. The first kappa shape index (κ1) is 19.2. The Balaban J connectivity index is 3.47. The van der Waals surface area contributed by atoms with Gasteiger partial charge in [-0.1, -0.05) is 67.7 Å². The van der Waals surface area contributed by atoms with Crippen molar-refractivity contribution in [1.29, 1.82) is 0 Å². The van der Waals surface area contributed by atoms with Crippen molar-refractivity contribution in [3.8, 4) is 0 Å². The lowest BCUT2D eigenvalue weighted by Gasteiger charge is -1.87. The lowest BCUT2D eigenvalue weighted by molar-refractivity contribution is -0.136. The van der Waals surface area contributed by atoms with Crippen LogP contribution >= 0.6 is 0 Å². The maximum Gasteiger partial charge on any atom is 0.303 e. The van der Waals surface area contributed by atoms with E-state index in [0.29, 0.717) is 6.42 Å². The van der Waals surface area contributed by atoms with Gasteiger partial charge in [-0.2, -0.15) is 0 Å². The summed E-state index contributed by atoms with van der Waals surface area (Å²) in [5.74, 6) is -0.740. The van der Waals surface area contributed by atoms with Gasteiger partial charge in [0.25, 0.3) is 0 Å². The van der Waals surface area contributed by atoms with E-state index in [9.17, 15) is 4.79 Å². The van der Waals surface area contributed by atoms with E-state index in [1.807, 2.05) is 12.2 Å². The van der Waals surface area contributed by atoms with Crippen molar-refractivity contribution in [2.45, 2.75) is 51.9 Å². The first-order valence-corrected chi connectivity index (χ1v) is 7.74. The minimum absolute atomic E-state index is 0.213. The second kappa shape index (κ2) is 16.2. The van der Waals surface area contributed by atoms with Gasteiger partial charge >= 0.3 is 5.97 Å². The summed E-state index contributed by atoms with van der Waals surface area (Å²) in [6.45, 7) is 2.14. The number of hydrogen-bond acceptors (Lipinski definition) is 1. The first-order valence-electron chi connectivity index (χ1n) is 7.74. The van der Waals surface area contributed by atoms with Crippen molar-refractivity contribution in [2.24, 2.45) is 0 Å². The molecule has 1 N–H and O–H groups in total. The predicted molar refractivity (Wildman–Crippen MR) is 91.3 cm³/mol. The summed E-state index contributed by atoms with van der Waals surface area (Å²) in [4.78, 5) is 10.3. The minimum Gasteiger partial charge on any atom is -0.481 e. The molecule has 0 aliphatic carbocycles. The van der Waals surface area contributed by atoms with E-state index in [-0.39, 0.29) is 6.42 Å². The summed E-state index contributed by atoms with van der Waals surface area (Å²) >= 11 is 0. The predicted octanol–water partition coefficient (Wildman–Crippen LogP) is 5.60. The van der Waals surface area contributed by atoms with Gasteiger partial charge in [0, 0.05) is 6.42 Å². The Hall–Kier alpha value is -1.83. The Bertz CT molecular complexity index is 384. The molecule has 0 fully saturated rings. The van der Waals surface area contributed by atoms with Gasteiger partial charge < -0.3 is 5.11 Å². The molecular weight excluding hydrogens is 260 g/mol. The smallest absolute Gasteiger partial charge is 0.303 e. The second-order valence-corrected chi connectivity index (χ2v) is 4.64. The Morgan fingerprint density at radius 2 is 1.10 bits per heavy atom. The molecular formula is C19H28O2. The van der Waals surface area contributed by atoms with E-state index in [1.54, 1.807) is 0 Å². The summed E-state index contributed by atoms with van der Waals surface area (Å²) in [5, 5.41) is 8.47. The molecule has 2 nitrogen and oxygen atoms in total. The van der Waals surface area contributed by atoms with Crippen molar-refractivity contribution in [3.05, 3.63) is 60.8 Å². The quantitative estimate of drug-likeness (QED) is 0.474. The molecule has 0 aromatic carbocycles. The van der Waals surface area contributed by atoms with Crippen LogP contribution in [0.1, 0.15) is 51.9 Å². The number of rotatable bonds is 12. The Morgan fingerprint density at radius 1 is 0.714 bits per heavy atom. The van der Waals surface area contributed by atoms with Crippen molar-refractivity contribution in [1.82, 2.24) is 0 Å². The summed E-state index contributed by atoms with van der Waals surface area (Å²) in [5.41, 5.74) is 0. The molecule has 116 valence electrons. The van der Waals surface area contributed by atoms with Crippen LogP contribution in [-0.2, 0) is 4.79 Å². The number of hydrogen-bond donors (Lipinski definition) is 1. The van der Waals surface area contributed by atoms with Gasteiger partial charge in [-0.25, -0.2) is 0 Å². The fourth-order valence-electron chi connectivity index (χ4n) is 1.58. The highest BCUT2D eigenvalue weighted by atomic mass is 16.4. The van der Waals surface area contributed by atoms with E-state index in [2.05, 4.69) is 55.5 Å². The van der Waals surface area contributed by atoms with E-state index in [1.165, 1.54) is 0 Å². The molecule has 0 unspecified atom stereocenters. The highest BCUT2D eigenvalue weighted by molar-refractivity contribution is 5.66. The van der Waals surface area contributed by atoms with Crippen LogP contribution in [0.4, 0.5) is 0 Å². The zero-order chi connectivity index (χ0) is 15.6. The lowest BCUT2D eigenvalue weighted by Crippen LogP contribution is -1.91. The third-order valence-corrected chi connectivity index (χ3v) is 2.68. The van der Waals surface area contributed by atoms with Crippen molar-refractivity contribution in [2.75, 3.05) is 0 Å². The molecule has 0 heterocycles. The number of aliphatic carboxylic acids is 1. The zero-order valence-corrected chi connectivity index (χ0v) is 13.1. The standard InChI is InChI=1S/C19H28O2/c1-2-3-4-5-6-7-8-9-10-11-12-13-14-15-16-17-18-19(20)21/h3-4,6-7,9-10,12-13,15-16H,2,5,8,11,14,17-18H2,1H3,(H,20,21)/b4-3-,7-6-,10-9-,13-12-,16-15-. The van der Waals surface area contributed by atoms with Crippen LogP contribution in [0.5, 0.6) is 0 Å². The average molecular weight is 288 g/mol. The molecule has 0 saturated heterocycles. The maximum absolute atomic E-state index is 10.3. The summed E-state index contributed by atoms with van der Waals surface area (Å²) in [6.07, 6.45) is 27.0. The molecule has 0 spiro atoms. The Morgan fingerprint density at radius 3 is 1.48 bits per heavy atom. The van der Waals surface area contributed by atoms with Crippen molar-refractivity contribution >= 4 is 5.97 Å². The number of carbonyl (C=O) groups is 1. The summed E-state index contributed by atoms with van der Waals surface area (Å²) < 4.78 is 0. The third-order valence-electron chi connectivity index (χ3n) is 2.68. The van der Waals surface area contributed by atoms with Gasteiger partial charge in [0.2, 0.25) is 0 Å². The van der Waals surface area contributed by atoms with Gasteiger partial charge in [-0.15, -0.1) is 0 Å². The number of carboxylic acid groups (broad SMARTS) is 1. The van der Waals surface area contributed by atoms with Crippen LogP contribution < -0.4 is 0 Å². The molecule has 0 radical (unpaired) electrons. The third kappa shape index (κ3) is 18.2. The maximum atomic E-state index is 10.3. The average Bonchev–Trinajstić information content (AvgIpc) is 2.46. The molecule has 2 heteroatoms. The van der Waals surface area contributed by atoms with Crippen LogP contribution in [0.3, 0.4) is 0 Å². The minimum atomic E-state index is -0.740. The van der Waals surface area contributed by atoms with E-state index >= 15 is 0 Å². The molecule has 0 amide bonds. The summed E-state index contributed by atoms with van der Waals surface area (Å²) in [7, 11) is 0. The van der Waals surface area contributed by atoms with E-state index in [4.69, 9.17) is 5.11 Å². The van der Waals surface area contributed by atoms with Gasteiger partial charge in [0.1, 0.15) is 0 Å². The molecule has 0 rings (SSSR count). The molecule has 0 bridgehead atoms. The molecule has 21 heavy (non-hydrogen) atoms. The van der Waals surface area contributed by atoms with Crippen LogP contribution in [0.25, 0.3) is 0 Å². The monoisotopic (exact) mass is 288 g/mol. The van der Waals surface area contributed by atoms with Crippen LogP contribution in [0.15, 0.2) is 60.8 Å². The Kier molecular flexibility index (Phi) is 14.8. The first-order chi connectivity index (χ1) is 10.3. The van der Waals surface area contributed by atoms with Crippen LogP contribution in [-0.4, -0.2) is 11.1 Å². The molecule has 0 aliphatic rings. The fraction of sp³-hybridized carbons (Fsp3) is 0.421. The highest BCUT2D eigenvalue weighted by Gasteiger charge is 1.90. The second-order valence-electron chi connectivity index (χ2n) is 4.64. The fourth-order valence-corrected chi connectivity index (χ4v) is 1.58. The van der Waals surface area contributed by atoms with Gasteiger partial charge in [0.05, 0.1) is 0 Å². The molecule has 0 saturated carbocycles. The lowest BCUT2D eigenvalue weighted by atomic mass is 10.2.